The van der Waals surface area contributed by atoms with Gasteiger partial charge in [-0.15, -0.1) is 0 Å². The molecule has 0 aromatic heterocycles. The number of hydrogen-bond acceptors (Lipinski definition) is 4. The molecule has 1 unspecified atom stereocenters. The molecule has 29 heavy (non-hydrogen) atoms. The number of rotatable bonds is 4. The van der Waals surface area contributed by atoms with E-state index in [0.717, 1.165) is 6.07 Å². The molecule has 3 aromatic carbocycles. The molecule has 0 amide bonds. The lowest BCUT2D eigenvalue weighted by Gasteiger charge is -2.34. The van der Waals surface area contributed by atoms with Gasteiger partial charge in [0.15, 0.2) is 4.75 Å². The van der Waals surface area contributed by atoms with Crippen molar-refractivity contribution in [3.8, 4) is 11.5 Å². The third kappa shape index (κ3) is 3.44. The van der Waals surface area contributed by atoms with E-state index in [0.29, 0.717) is 0 Å². The van der Waals surface area contributed by atoms with Crippen molar-refractivity contribution in [2.24, 2.45) is 0 Å². The first-order valence-corrected chi connectivity index (χ1v) is 10.9. The van der Waals surface area contributed by atoms with E-state index >= 15 is 0 Å². The van der Waals surface area contributed by atoms with Gasteiger partial charge in [0.1, 0.15) is 11.5 Å². The highest BCUT2D eigenvalue weighted by Crippen LogP contribution is 2.55. The lowest BCUT2D eigenvalue weighted by molar-refractivity contribution is 0.416. The summed E-state index contributed by atoms with van der Waals surface area (Å²) in [4.78, 5) is 0. The summed E-state index contributed by atoms with van der Waals surface area (Å²) in [6, 6.07) is 12.5. The zero-order valence-corrected chi connectivity index (χ0v) is 18.1. The molecule has 0 saturated carbocycles. The second-order valence-corrected chi connectivity index (χ2v) is 9.20. The molecule has 0 radical (unpaired) electrons. The molecule has 10 heteroatoms. The van der Waals surface area contributed by atoms with E-state index in [1.165, 1.54) is 42.5 Å². The Bertz CT molecular complexity index is 1170. The summed E-state index contributed by atoms with van der Waals surface area (Å²) in [5.74, 6) is -1.60. The van der Waals surface area contributed by atoms with E-state index in [4.69, 9.17) is 46.4 Å². The van der Waals surface area contributed by atoms with E-state index in [2.05, 4.69) is 0 Å². The zero-order chi connectivity index (χ0) is 21.6. The van der Waals surface area contributed by atoms with Gasteiger partial charge in [0.05, 0.1) is 25.7 Å². The number of phenols is 2. The van der Waals surface area contributed by atoms with Crippen molar-refractivity contribution in [2.75, 3.05) is 0 Å². The van der Waals surface area contributed by atoms with E-state index < -0.39 is 31.9 Å². The fourth-order valence-electron chi connectivity index (χ4n) is 3.23. The lowest BCUT2D eigenvalue weighted by Crippen LogP contribution is -2.38. The Kier molecular flexibility index (Phi) is 5.98. The molecule has 3 rings (SSSR count). The van der Waals surface area contributed by atoms with Gasteiger partial charge in [0.2, 0.25) is 0 Å². The molecular formula is C19H12Cl4O5S. The molecule has 0 heterocycles. The molecule has 0 aliphatic heterocycles. The number of hydrogen-bond donors (Lipinski definition) is 3. The minimum atomic E-state index is -5.18. The molecule has 0 spiro atoms. The number of benzene rings is 3. The minimum absolute atomic E-state index is 0.0137. The number of phenolic OH excluding ortho intramolecular Hbond substituents is 2. The molecule has 3 N–H and O–H groups in total. The summed E-state index contributed by atoms with van der Waals surface area (Å²) in [5.41, 5.74) is -0.923. The quantitative estimate of drug-likeness (QED) is 0.311. The predicted octanol–water partition coefficient (Wildman–Crippen LogP) is 5.89. The van der Waals surface area contributed by atoms with E-state index in [1.54, 1.807) is 6.07 Å². The lowest BCUT2D eigenvalue weighted by atomic mass is 9.82. The van der Waals surface area contributed by atoms with E-state index in [1.807, 2.05) is 0 Å². The number of aromatic hydroxyl groups is 2. The fraction of sp³-hybridized carbons (Fsp3) is 0.0526. The monoisotopic (exact) mass is 492 g/mol. The van der Waals surface area contributed by atoms with Crippen molar-refractivity contribution < 1.29 is 23.2 Å². The van der Waals surface area contributed by atoms with Crippen LogP contribution in [-0.2, 0) is 14.9 Å². The Balaban J connectivity index is 2.70. The van der Waals surface area contributed by atoms with Crippen molar-refractivity contribution in [3.05, 3.63) is 91.4 Å². The number of halogens is 4. The third-order valence-corrected chi connectivity index (χ3v) is 7.26. The summed E-state index contributed by atoms with van der Waals surface area (Å²) < 4.78 is 33.9. The molecular weight excluding hydrogens is 482 g/mol. The second kappa shape index (κ2) is 7.87. The molecule has 152 valence electrons. The van der Waals surface area contributed by atoms with E-state index in [-0.39, 0.29) is 31.2 Å². The Hall–Kier alpha value is -1.67. The molecule has 5 nitrogen and oxygen atoms in total. The SMILES string of the molecule is O=S(=O)(O)C(c1ccccc1)(c1cccc(Cl)c1Cl)c1c(O)c(Cl)cc(Cl)c1O. The van der Waals surface area contributed by atoms with Crippen LogP contribution in [0.1, 0.15) is 16.7 Å². The summed E-state index contributed by atoms with van der Waals surface area (Å²) in [5, 5.41) is 20.4. The summed E-state index contributed by atoms with van der Waals surface area (Å²) in [6.45, 7) is 0. The first kappa shape index (κ1) is 22.0. The average Bonchev–Trinajstić information content (AvgIpc) is 2.66. The van der Waals surface area contributed by atoms with Gasteiger partial charge in [-0.3, -0.25) is 4.55 Å². The van der Waals surface area contributed by atoms with Crippen molar-refractivity contribution in [1.29, 1.82) is 0 Å². The van der Waals surface area contributed by atoms with Crippen molar-refractivity contribution >= 4 is 56.5 Å². The average molecular weight is 494 g/mol. The zero-order valence-electron chi connectivity index (χ0n) is 14.3. The van der Waals surface area contributed by atoms with Crippen LogP contribution in [0.25, 0.3) is 0 Å². The van der Waals surface area contributed by atoms with Gasteiger partial charge in [-0.2, -0.15) is 8.42 Å². The molecule has 1 atom stereocenters. The van der Waals surface area contributed by atoms with Crippen LogP contribution < -0.4 is 0 Å². The van der Waals surface area contributed by atoms with Crippen LogP contribution in [0.4, 0.5) is 0 Å². The molecule has 0 bridgehead atoms. The molecule has 0 saturated heterocycles. The minimum Gasteiger partial charge on any atom is -0.506 e. The molecule has 0 fully saturated rings. The summed E-state index contributed by atoms with van der Waals surface area (Å²) >= 11 is 24.5. The first-order valence-electron chi connectivity index (χ1n) is 7.91. The van der Waals surface area contributed by atoms with Gasteiger partial charge in [-0.05, 0) is 17.7 Å². The predicted molar refractivity (Wildman–Crippen MR) is 114 cm³/mol. The molecule has 0 aliphatic carbocycles. The van der Waals surface area contributed by atoms with Crippen LogP contribution in [0.5, 0.6) is 11.5 Å². The normalized spacial score (nSPS) is 13.8. The van der Waals surface area contributed by atoms with Crippen LogP contribution in [-0.4, -0.2) is 23.2 Å². The Labute approximate surface area is 186 Å². The van der Waals surface area contributed by atoms with Gasteiger partial charge in [0.25, 0.3) is 10.1 Å². The largest absolute Gasteiger partial charge is 0.506 e. The van der Waals surface area contributed by atoms with Crippen LogP contribution in [0.15, 0.2) is 54.6 Å². The molecule has 3 aromatic rings. The standard InChI is InChI=1S/C19H12Cl4O5S/c20-12-8-4-7-11(16(12)23)19(29(26,27)28,10-5-2-1-3-6-10)15-17(24)13(21)9-14(22)18(15)25/h1-9,24-25H,(H,26,27,28). The van der Waals surface area contributed by atoms with Crippen molar-refractivity contribution in [1.82, 2.24) is 0 Å². The first-order chi connectivity index (χ1) is 13.5. The maximum Gasteiger partial charge on any atom is 0.283 e. The fourth-order valence-corrected chi connectivity index (χ4v) is 5.53. The van der Waals surface area contributed by atoms with Gasteiger partial charge in [0, 0.05) is 5.56 Å². The third-order valence-electron chi connectivity index (χ3n) is 4.43. The van der Waals surface area contributed by atoms with Gasteiger partial charge < -0.3 is 10.2 Å². The van der Waals surface area contributed by atoms with Crippen molar-refractivity contribution in [3.63, 3.8) is 0 Å². The topological polar surface area (TPSA) is 94.8 Å². The summed E-state index contributed by atoms with van der Waals surface area (Å²) in [6.07, 6.45) is 0. The van der Waals surface area contributed by atoms with E-state index in [9.17, 15) is 23.2 Å². The second-order valence-electron chi connectivity index (χ2n) is 6.04. The maximum absolute atomic E-state index is 13.0. The highest BCUT2D eigenvalue weighted by atomic mass is 35.5. The highest BCUT2D eigenvalue weighted by Gasteiger charge is 2.53. The smallest absolute Gasteiger partial charge is 0.283 e. The molecule has 0 aliphatic rings. The Morgan fingerprint density at radius 3 is 1.83 bits per heavy atom. The van der Waals surface area contributed by atoms with Gasteiger partial charge >= 0.3 is 0 Å². The summed E-state index contributed by atoms with van der Waals surface area (Å²) in [7, 11) is -5.18. The van der Waals surface area contributed by atoms with Crippen LogP contribution in [0.2, 0.25) is 20.1 Å². The Morgan fingerprint density at radius 1 is 0.759 bits per heavy atom. The maximum atomic E-state index is 13.0. The van der Waals surface area contributed by atoms with Crippen LogP contribution in [0.3, 0.4) is 0 Å². The highest BCUT2D eigenvalue weighted by molar-refractivity contribution is 7.87. The van der Waals surface area contributed by atoms with Gasteiger partial charge in [-0.25, -0.2) is 0 Å². The van der Waals surface area contributed by atoms with Crippen LogP contribution >= 0.6 is 46.4 Å². The Morgan fingerprint density at radius 2 is 1.31 bits per heavy atom. The van der Waals surface area contributed by atoms with Gasteiger partial charge in [-0.1, -0.05) is 88.9 Å². The van der Waals surface area contributed by atoms with Crippen molar-refractivity contribution in [2.45, 2.75) is 4.75 Å². The van der Waals surface area contributed by atoms with Crippen LogP contribution in [0, 0.1) is 0 Å².